The fourth-order valence-corrected chi connectivity index (χ4v) is 1.69. The SMILES string of the molecule is O=C(CCBr)c1cccc(C(O)C(=O)O)c1F. The van der Waals surface area contributed by atoms with Crippen LogP contribution in [-0.4, -0.2) is 27.3 Å². The van der Waals surface area contributed by atoms with Crippen molar-refractivity contribution in [1.82, 2.24) is 0 Å². The average Bonchev–Trinajstić information content (AvgIpc) is 2.28. The maximum absolute atomic E-state index is 13.8. The number of aliphatic hydroxyl groups is 1. The van der Waals surface area contributed by atoms with Gasteiger partial charge in [0.15, 0.2) is 11.9 Å². The maximum atomic E-state index is 13.8. The summed E-state index contributed by atoms with van der Waals surface area (Å²) in [6.07, 6.45) is -1.87. The van der Waals surface area contributed by atoms with Crippen molar-refractivity contribution in [1.29, 1.82) is 0 Å². The molecule has 6 heteroatoms. The summed E-state index contributed by atoms with van der Waals surface area (Å²) in [4.78, 5) is 22.1. The number of carboxylic acids is 1. The number of halogens is 2. The van der Waals surface area contributed by atoms with Crippen LogP contribution in [0.3, 0.4) is 0 Å². The van der Waals surface area contributed by atoms with E-state index in [2.05, 4.69) is 15.9 Å². The highest BCUT2D eigenvalue weighted by Gasteiger charge is 2.23. The highest BCUT2D eigenvalue weighted by Crippen LogP contribution is 2.21. The number of hydrogen-bond donors (Lipinski definition) is 2. The van der Waals surface area contributed by atoms with E-state index in [-0.39, 0.29) is 12.0 Å². The summed E-state index contributed by atoms with van der Waals surface area (Å²) in [7, 11) is 0. The molecule has 0 fully saturated rings. The molecule has 17 heavy (non-hydrogen) atoms. The third-order valence-corrected chi connectivity index (χ3v) is 2.58. The number of carbonyl (C=O) groups excluding carboxylic acids is 1. The van der Waals surface area contributed by atoms with E-state index in [9.17, 15) is 19.1 Å². The molecule has 1 aromatic carbocycles. The number of carboxylic acid groups (broad SMARTS) is 1. The Morgan fingerprint density at radius 3 is 2.59 bits per heavy atom. The fourth-order valence-electron chi connectivity index (χ4n) is 1.33. The summed E-state index contributed by atoms with van der Waals surface area (Å²) in [5, 5.41) is 18.2. The standard InChI is InChI=1S/C11H10BrFO4/c12-5-4-8(14)6-2-1-3-7(9(6)13)10(15)11(16)17/h1-3,10,15H,4-5H2,(H,16,17). The number of rotatable bonds is 5. The topological polar surface area (TPSA) is 74.6 Å². The second-order valence-electron chi connectivity index (χ2n) is 3.31. The van der Waals surface area contributed by atoms with E-state index in [0.29, 0.717) is 5.33 Å². The molecule has 0 amide bonds. The molecule has 1 aromatic rings. The van der Waals surface area contributed by atoms with E-state index in [1.165, 1.54) is 12.1 Å². The Hall–Kier alpha value is -1.27. The van der Waals surface area contributed by atoms with Crippen LogP contribution in [0.25, 0.3) is 0 Å². The van der Waals surface area contributed by atoms with Crippen LogP contribution in [0.15, 0.2) is 18.2 Å². The number of ketones is 1. The Labute approximate surface area is 105 Å². The predicted octanol–water partition coefficient (Wildman–Crippen LogP) is 1.91. The number of aliphatic hydroxyl groups excluding tert-OH is 1. The van der Waals surface area contributed by atoms with Crippen LogP contribution >= 0.6 is 15.9 Å². The minimum Gasteiger partial charge on any atom is -0.479 e. The van der Waals surface area contributed by atoms with E-state index in [0.717, 1.165) is 6.07 Å². The zero-order chi connectivity index (χ0) is 13.0. The lowest BCUT2D eigenvalue weighted by Crippen LogP contribution is -2.14. The van der Waals surface area contributed by atoms with Gasteiger partial charge < -0.3 is 10.2 Å². The molecule has 0 aliphatic carbocycles. The summed E-state index contributed by atoms with van der Waals surface area (Å²) in [5.41, 5.74) is -0.611. The number of carbonyl (C=O) groups is 2. The summed E-state index contributed by atoms with van der Waals surface area (Å²) in [5.74, 6) is -2.99. The molecule has 0 radical (unpaired) electrons. The zero-order valence-electron chi connectivity index (χ0n) is 8.69. The van der Waals surface area contributed by atoms with Gasteiger partial charge in [-0.25, -0.2) is 9.18 Å². The van der Waals surface area contributed by atoms with Crippen molar-refractivity contribution in [3.63, 3.8) is 0 Å². The zero-order valence-corrected chi connectivity index (χ0v) is 10.3. The molecule has 0 aromatic heterocycles. The molecule has 0 aliphatic rings. The normalized spacial score (nSPS) is 12.2. The number of alkyl halides is 1. The van der Waals surface area contributed by atoms with E-state index in [1.807, 2.05) is 0 Å². The van der Waals surface area contributed by atoms with Gasteiger partial charge in [-0.05, 0) is 6.07 Å². The number of aliphatic carboxylic acids is 1. The summed E-state index contributed by atoms with van der Waals surface area (Å²) in [6, 6.07) is 3.74. The van der Waals surface area contributed by atoms with Crippen LogP contribution in [0, 0.1) is 5.82 Å². The molecule has 0 saturated heterocycles. The largest absolute Gasteiger partial charge is 0.479 e. The first-order valence-electron chi connectivity index (χ1n) is 4.77. The molecule has 1 atom stereocenters. The Kier molecular flexibility index (Phi) is 4.77. The van der Waals surface area contributed by atoms with Gasteiger partial charge >= 0.3 is 5.97 Å². The van der Waals surface area contributed by atoms with Gasteiger partial charge in [-0.2, -0.15) is 0 Å². The molecule has 1 unspecified atom stereocenters. The van der Waals surface area contributed by atoms with Crippen molar-refractivity contribution in [3.05, 3.63) is 35.1 Å². The minimum absolute atomic E-state index is 0.101. The first-order chi connectivity index (χ1) is 7.99. The molecule has 1 rings (SSSR count). The van der Waals surface area contributed by atoms with Crippen molar-refractivity contribution in [2.75, 3.05) is 5.33 Å². The van der Waals surface area contributed by atoms with Crippen molar-refractivity contribution in [2.45, 2.75) is 12.5 Å². The molecule has 0 aliphatic heterocycles. The highest BCUT2D eigenvalue weighted by molar-refractivity contribution is 9.09. The van der Waals surface area contributed by atoms with Gasteiger partial charge in [0.05, 0.1) is 5.56 Å². The van der Waals surface area contributed by atoms with Crippen LogP contribution in [0.1, 0.15) is 28.4 Å². The molecule has 0 bridgehead atoms. The number of Topliss-reactive ketones (excluding diaryl/α,β-unsaturated/α-hetero) is 1. The minimum atomic E-state index is -1.97. The lowest BCUT2D eigenvalue weighted by molar-refractivity contribution is -0.147. The van der Waals surface area contributed by atoms with Gasteiger partial charge in [0.25, 0.3) is 0 Å². The smallest absolute Gasteiger partial charge is 0.337 e. The van der Waals surface area contributed by atoms with Crippen molar-refractivity contribution in [3.8, 4) is 0 Å². The van der Waals surface area contributed by atoms with Crippen molar-refractivity contribution in [2.24, 2.45) is 0 Å². The molecule has 0 saturated carbocycles. The Balaban J connectivity index is 3.15. The van der Waals surface area contributed by atoms with E-state index < -0.39 is 29.2 Å². The van der Waals surface area contributed by atoms with E-state index in [4.69, 9.17) is 5.11 Å². The molecule has 2 N–H and O–H groups in total. The Morgan fingerprint density at radius 1 is 1.41 bits per heavy atom. The molecule has 0 heterocycles. The molecule has 4 nitrogen and oxygen atoms in total. The van der Waals surface area contributed by atoms with E-state index >= 15 is 0 Å². The second-order valence-corrected chi connectivity index (χ2v) is 4.10. The highest BCUT2D eigenvalue weighted by atomic mass is 79.9. The molecular formula is C11H10BrFO4. The molecule has 92 valence electrons. The average molecular weight is 305 g/mol. The lowest BCUT2D eigenvalue weighted by Gasteiger charge is -2.09. The van der Waals surface area contributed by atoms with Gasteiger partial charge in [-0.1, -0.05) is 28.1 Å². The second kappa shape index (κ2) is 5.88. The molecule has 0 spiro atoms. The van der Waals surface area contributed by atoms with Crippen LogP contribution in [-0.2, 0) is 4.79 Å². The van der Waals surface area contributed by atoms with Crippen molar-refractivity contribution < 1.29 is 24.2 Å². The fraction of sp³-hybridized carbons (Fsp3) is 0.273. The monoisotopic (exact) mass is 304 g/mol. The summed E-state index contributed by atoms with van der Waals surface area (Å²) in [6.45, 7) is 0. The Bertz CT molecular complexity index is 447. The van der Waals surface area contributed by atoms with Gasteiger partial charge in [-0.15, -0.1) is 0 Å². The van der Waals surface area contributed by atoms with Crippen LogP contribution in [0.2, 0.25) is 0 Å². The summed E-state index contributed by atoms with van der Waals surface area (Å²) < 4.78 is 13.8. The van der Waals surface area contributed by atoms with E-state index in [1.54, 1.807) is 0 Å². The third-order valence-electron chi connectivity index (χ3n) is 2.18. The predicted molar refractivity (Wildman–Crippen MR) is 61.7 cm³/mol. The number of benzene rings is 1. The van der Waals surface area contributed by atoms with Crippen LogP contribution in [0.4, 0.5) is 4.39 Å². The summed E-state index contributed by atoms with van der Waals surface area (Å²) >= 11 is 3.06. The first-order valence-corrected chi connectivity index (χ1v) is 5.89. The lowest BCUT2D eigenvalue weighted by atomic mass is 10.0. The van der Waals surface area contributed by atoms with Gasteiger partial charge in [0, 0.05) is 17.3 Å². The molecular weight excluding hydrogens is 295 g/mol. The first kappa shape index (κ1) is 13.8. The van der Waals surface area contributed by atoms with Crippen LogP contribution < -0.4 is 0 Å². The van der Waals surface area contributed by atoms with Gasteiger partial charge in [-0.3, -0.25) is 4.79 Å². The number of hydrogen-bond acceptors (Lipinski definition) is 3. The Morgan fingerprint density at radius 2 is 2.06 bits per heavy atom. The quantitative estimate of drug-likeness (QED) is 0.644. The van der Waals surface area contributed by atoms with Gasteiger partial charge in [0.2, 0.25) is 0 Å². The maximum Gasteiger partial charge on any atom is 0.337 e. The van der Waals surface area contributed by atoms with Gasteiger partial charge in [0.1, 0.15) is 5.82 Å². The van der Waals surface area contributed by atoms with Crippen molar-refractivity contribution >= 4 is 27.7 Å². The van der Waals surface area contributed by atoms with Crippen LogP contribution in [0.5, 0.6) is 0 Å². The third kappa shape index (κ3) is 3.10.